The second-order valence-electron chi connectivity index (χ2n) is 16.1. The Morgan fingerprint density at radius 2 is 1.34 bits per heavy atom. The van der Waals surface area contributed by atoms with E-state index in [9.17, 15) is 77.4 Å². The number of aromatic amines is 3. The van der Waals surface area contributed by atoms with Gasteiger partial charge in [0.05, 0.1) is 33.2 Å². The summed E-state index contributed by atoms with van der Waals surface area (Å²) < 4.78 is 107. The number of H-pyrrole nitrogens is 3. The second-order valence-corrected chi connectivity index (χ2v) is 22.1. The fraction of sp³-hybridized carbons (Fsp3) is 0.562. The first-order chi connectivity index (χ1) is 34.1. The van der Waals surface area contributed by atoms with E-state index in [4.69, 9.17) is 38.3 Å². The number of nitrogens with one attached hydrogen (secondary N) is 3. The Labute approximate surface area is 403 Å². The number of aryl methyl sites for hydroxylation is 2. The molecule has 5 aromatic rings. The predicted octanol–water partition coefficient (Wildman–Crippen LogP) is -4.86. The number of aromatic nitrogens is 10. The molecule has 0 aliphatic carbocycles. The van der Waals surface area contributed by atoms with Crippen molar-refractivity contribution in [2.75, 3.05) is 32.7 Å². The van der Waals surface area contributed by atoms with Crippen molar-refractivity contribution in [2.24, 2.45) is 7.05 Å². The Morgan fingerprint density at radius 1 is 0.740 bits per heavy atom. The topological polar surface area (TPSA) is 521 Å². The van der Waals surface area contributed by atoms with Crippen LogP contribution in [0.3, 0.4) is 0 Å². The molecule has 0 saturated carbocycles. The minimum Gasteiger partial charge on any atom is -0.387 e. The lowest BCUT2D eigenvalue weighted by Crippen LogP contribution is -2.46. The molecule has 0 radical (unpaired) electrons. The summed E-state index contributed by atoms with van der Waals surface area (Å²) in [5.74, 6) is -0.152. The maximum Gasteiger partial charge on any atom is 0.490 e. The Kier molecular flexibility index (Phi) is 15.3. The van der Waals surface area contributed by atoms with Crippen molar-refractivity contribution in [3.05, 3.63) is 72.3 Å². The highest BCUT2D eigenvalue weighted by Crippen LogP contribution is 2.68. The zero-order valence-corrected chi connectivity index (χ0v) is 40.9. The molecule has 37 nitrogen and oxygen atoms in total. The van der Waals surface area contributed by atoms with Crippen LogP contribution in [0.25, 0.3) is 22.3 Å². The van der Waals surface area contributed by atoms with Gasteiger partial charge in [-0.2, -0.15) is 8.62 Å². The number of hydrogen-bond donors (Lipinski definition) is 12. The first-order valence-corrected chi connectivity index (χ1v) is 26.6. The van der Waals surface area contributed by atoms with Gasteiger partial charge in [-0.05, 0) is 6.92 Å². The quantitative estimate of drug-likeness (QED) is 0.0272. The zero-order chi connectivity index (χ0) is 53.3. The molecule has 16 atom stereocenters. The summed E-state index contributed by atoms with van der Waals surface area (Å²) in [7, 11) is -21.1. The van der Waals surface area contributed by atoms with Crippen LogP contribution in [0.15, 0.2) is 44.1 Å². The van der Waals surface area contributed by atoms with Crippen molar-refractivity contribution in [1.82, 2.24) is 43.6 Å². The first-order valence-electron chi connectivity index (χ1n) is 20.7. The molecule has 0 spiro atoms. The zero-order valence-electron chi connectivity index (χ0n) is 37.3. The fourth-order valence-corrected chi connectivity index (χ4v) is 12.4. The van der Waals surface area contributed by atoms with E-state index >= 15 is 0 Å². The second kappa shape index (κ2) is 20.5. The van der Waals surface area contributed by atoms with E-state index in [0.717, 1.165) is 34.8 Å². The van der Waals surface area contributed by atoms with Crippen LogP contribution < -0.4 is 32.7 Å². The monoisotopic (exact) mass is 1120 g/mol. The van der Waals surface area contributed by atoms with Gasteiger partial charge < -0.3 is 69.7 Å². The van der Waals surface area contributed by atoms with Crippen LogP contribution in [0.1, 0.15) is 24.5 Å². The summed E-state index contributed by atoms with van der Waals surface area (Å²) in [6, 6.07) is 0.860. The van der Waals surface area contributed by atoms with E-state index < -0.39 is 147 Å². The van der Waals surface area contributed by atoms with Gasteiger partial charge in [0.25, 0.3) is 22.6 Å². The van der Waals surface area contributed by atoms with Crippen molar-refractivity contribution in [3.8, 4) is 0 Å². The summed E-state index contributed by atoms with van der Waals surface area (Å²) in [6.45, 7) is -2.05. The van der Waals surface area contributed by atoms with Gasteiger partial charge in [-0.3, -0.25) is 56.1 Å². The number of aliphatic hydroxyl groups is 4. The molecule has 3 saturated heterocycles. The Balaban J connectivity index is 0.916. The van der Waals surface area contributed by atoms with Crippen LogP contribution in [0.2, 0.25) is 0 Å². The fourth-order valence-electron chi connectivity index (χ4n) is 7.95. The van der Waals surface area contributed by atoms with E-state index in [1.807, 2.05) is 4.98 Å². The number of imidazole rings is 2. The predicted molar refractivity (Wildman–Crippen MR) is 231 cm³/mol. The maximum absolute atomic E-state index is 13.5. The molecule has 0 aromatic carbocycles. The molecule has 402 valence electrons. The number of nitrogen functional groups attached to an aromatic ring is 1. The van der Waals surface area contributed by atoms with Crippen molar-refractivity contribution >= 4 is 59.6 Å². The number of aliphatic hydroxyl groups excluding tert-OH is 4. The number of ether oxygens (including phenoxy) is 4. The standard InChI is InChI=1S/C32H43N11O26P4/c1-11-35-24-16(26(49)36-11)34-9-42(24)28-20(47)18(45)12(64-28)6-61-70(52,53)67-22-14(66-30(23(22)60-3)41-5-4-15(44)37-32(41)51)8-63-72(56,57)69-73(58,59)68-71(54,55)62-7-13-19(46)21(48)29(65-13)43-10-40(2)17-25(43)38-31(33)39-27(17)50/h4-5,9-10,12-14,18-23,28-30,45-48H,6-8H2,1-3H3,(H8-,33,35,36,37,38,39,44,49,50,51,52,53,54,55,56,57,58,59)/p+1. The van der Waals surface area contributed by atoms with E-state index in [2.05, 4.69) is 38.1 Å². The van der Waals surface area contributed by atoms with Crippen LogP contribution in [0.4, 0.5) is 5.95 Å². The number of hydrogen-bond acceptors (Lipinski definition) is 26. The van der Waals surface area contributed by atoms with Crippen LogP contribution in [0.5, 0.6) is 0 Å². The molecular formula is C32H44N11O26P4+. The van der Waals surface area contributed by atoms with Gasteiger partial charge in [0.1, 0.15) is 60.8 Å². The Morgan fingerprint density at radius 3 is 1.99 bits per heavy atom. The third-order valence-corrected chi connectivity index (χ3v) is 16.4. The molecule has 8 rings (SSSR count). The molecule has 8 heterocycles. The number of anilines is 1. The highest BCUT2D eigenvalue weighted by Gasteiger charge is 2.53. The van der Waals surface area contributed by atoms with Crippen molar-refractivity contribution in [3.63, 3.8) is 0 Å². The van der Waals surface area contributed by atoms with Gasteiger partial charge in [-0.25, -0.2) is 37.6 Å². The van der Waals surface area contributed by atoms with Crippen LogP contribution in [-0.4, -0.2) is 165 Å². The average molecular weight is 1120 g/mol. The molecule has 0 amide bonds. The molecule has 41 heteroatoms. The molecule has 3 fully saturated rings. The summed E-state index contributed by atoms with van der Waals surface area (Å²) in [5, 5.41) is 43.0. The van der Waals surface area contributed by atoms with Crippen molar-refractivity contribution < 1.29 is 108 Å². The summed E-state index contributed by atoms with van der Waals surface area (Å²) in [5.41, 5.74) is 2.00. The molecule has 16 unspecified atom stereocenters. The van der Waals surface area contributed by atoms with E-state index in [1.54, 1.807) is 0 Å². The lowest BCUT2D eigenvalue weighted by Gasteiger charge is -2.26. The largest absolute Gasteiger partial charge is 0.490 e. The van der Waals surface area contributed by atoms with Gasteiger partial charge >= 0.3 is 42.6 Å². The Hall–Kier alpha value is -4.62. The molecule has 3 aliphatic rings. The number of nitrogens with two attached hydrogens (primary N) is 1. The number of phosphoric ester groups is 3. The van der Waals surface area contributed by atoms with E-state index in [1.165, 1.54) is 24.9 Å². The third kappa shape index (κ3) is 11.5. The van der Waals surface area contributed by atoms with Crippen molar-refractivity contribution in [2.45, 2.75) is 80.5 Å². The summed E-state index contributed by atoms with van der Waals surface area (Å²) in [6.07, 6.45) is -17.7. The molecule has 73 heavy (non-hydrogen) atoms. The minimum absolute atomic E-state index is 0.0329. The van der Waals surface area contributed by atoms with Crippen molar-refractivity contribution in [1.29, 1.82) is 0 Å². The van der Waals surface area contributed by atoms with Crippen LogP contribution in [-0.2, 0) is 71.0 Å². The van der Waals surface area contributed by atoms with Gasteiger partial charge in [-0.1, -0.05) is 4.98 Å². The lowest BCUT2D eigenvalue weighted by atomic mass is 10.1. The molecule has 3 aliphatic heterocycles. The lowest BCUT2D eigenvalue weighted by molar-refractivity contribution is -0.745. The SMILES string of the molecule is COC1C(OP(=O)(O)OCC2OC(n3cnc4c(=O)[nH]c(C)nc43)C(O)C2O)C(COP(=O)(O)OP(=O)(O)OP(=O)(O)OCC2OC([n+]3cn(C)c4c(=O)[nH]c(N)nc43)C(O)C2O)OC1n1ccc(=O)[nH]c1=O. The molecule has 13 N–H and O–H groups in total. The highest BCUT2D eigenvalue weighted by atomic mass is 31.3. The normalized spacial score (nSPS) is 30.9. The third-order valence-electron chi connectivity index (χ3n) is 11.1. The molecule has 0 bridgehead atoms. The Bertz CT molecular complexity index is 3340. The molecular weight excluding hydrogens is 1080 g/mol. The molecule has 5 aromatic heterocycles. The van der Waals surface area contributed by atoms with Gasteiger partial charge in [-0.15, -0.1) is 0 Å². The van der Waals surface area contributed by atoms with E-state index in [0.29, 0.717) is 4.57 Å². The summed E-state index contributed by atoms with van der Waals surface area (Å²) in [4.78, 5) is 110. The number of methoxy groups -OCH3 is 1. The maximum atomic E-state index is 13.5. The van der Waals surface area contributed by atoms with Gasteiger partial charge in [0, 0.05) is 19.4 Å². The number of phosphoric acid groups is 4. The highest BCUT2D eigenvalue weighted by molar-refractivity contribution is 7.66. The number of fused-ring (bicyclic) bond motifs is 2. The van der Waals surface area contributed by atoms with E-state index in [-0.39, 0.29) is 34.1 Å². The average Bonchev–Trinajstić information content (AvgIpc) is 4.07. The minimum atomic E-state index is -6.23. The van der Waals surface area contributed by atoms with Gasteiger partial charge in [0.2, 0.25) is 11.7 Å². The van der Waals surface area contributed by atoms with Crippen LogP contribution in [0, 0.1) is 6.92 Å². The smallest absolute Gasteiger partial charge is 0.387 e. The number of rotatable bonds is 19. The number of nitrogens with zero attached hydrogens (tertiary/aromatic N) is 7. The first kappa shape index (κ1) is 54.6. The van der Waals surface area contributed by atoms with Crippen LogP contribution >= 0.6 is 31.3 Å². The summed E-state index contributed by atoms with van der Waals surface area (Å²) >= 11 is 0. The van der Waals surface area contributed by atoms with Gasteiger partial charge in [0.15, 0.2) is 29.9 Å².